The lowest BCUT2D eigenvalue weighted by molar-refractivity contribution is 0.0656. The van der Waals surface area contributed by atoms with Crippen LogP contribution in [0.4, 0.5) is 4.39 Å². The number of ether oxygens (including phenoxy) is 1. The number of aromatic nitrogens is 2. The standard InChI is InChI=1S/C17H21FN2O4Si/c1-25(2,3)9-8-24-11-20-10-14(12-4-6-13(18)7-5-12)16(21)15(19-20)17(22)23/h4-7,10H,8-9,11H2,1-3H3,(H,22,23). The molecule has 0 radical (unpaired) electrons. The SMILES string of the molecule is C[Si](C)(C)CCOCn1cc(-c2ccc(F)cc2)c(=O)c(C(=O)O)n1. The summed E-state index contributed by atoms with van der Waals surface area (Å²) in [5.74, 6) is -1.85. The third-order valence-electron chi connectivity index (χ3n) is 3.54. The molecule has 0 fully saturated rings. The van der Waals surface area contributed by atoms with E-state index >= 15 is 0 Å². The second kappa shape index (κ2) is 7.71. The minimum absolute atomic E-state index is 0.0409. The fourth-order valence-electron chi connectivity index (χ4n) is 2.12. The molecule has 1 heterocycles. The summed E-state index contributed by atoms with van der Waals surface area (Å²) in [5.41, 5.74) is -0.735. The van der Waals surface area contributed by atoms with Crippen molar-refractivity contribution in [3.05, 3.63) is 52.2 Å². The molecule has 2 rings (SSSR count). The Hall–Kier alpha value is -2.32. The number of nitrogens with zero attached hydrogens (tertiary/aromatic N) is 2. The number of aromatic carboxylic acids is 1. The van der Waals surface area contributed by atoms with E-state index in [4.69, 9.17) is 4.74 Å². The van der Waals surface area contributed by atoms with Gasteiger partial charge < -0.3 is 9.84 Å². The maximum atomic E-state index is 13.1. The van der Waals surface area contributed by atoms with Crippen molar-refractivity contribution in [3.8, 4) is 11.1 Å². The molecule has 8 heteroatoms. The molecule has 0 atom stereocenters. The third-order valence-corrected chi connectivity index (χ3v) is 5.25. The van der Waals surface area contributed by atoms with Crippen LogP contribution in [0.25, 0.3) is 11.1 Å². The Kier molecular flexibility index (Phi) is 5.86. The van der Waals surface area contributed by atoms with Crippen molar-refractivity contribution in [1.82, 2.24) is 9.78 Å². The van der Waals surface area contributed by atoms with E-state index in [9.17, 15) is 19.1 Å². The first kappa shape index (κ1) is 19.0. The first-order valence-corrected chi connectivity index (χ1v) is 11.6. The molecule has 0 bridgehead atoms. The van der Waals surface area contributed by atoms with E-state index in [1.807, 2.05) is 0 Å². The summed E-state index contributed by atoms with van der Waals surface area (Å²) in [6.45, 7) is 7.26. The number of benzene rings is 1. The van der Waals surface area contributed by atoms with Gasteiger partial charge in [-0.3, -0.25) is 4.79 Å². The Morgan fingerprint density at radius 1 is 1.28 bits per heavy atom. The molecule has 1 aromatic carbocycles. The fraction of sp³-hybridized carbons (Fsp3) is 0.353. The van der Waals surface area contributed by atoms with Crippen LogP contribution in [0.2, 0.25) is 25.7 Å². The Labute approximate surface area is 145 Å². The van der Waals surface area contributed by atoms with Gasteiger partial charge in [-0.1, -0.05) is 31.8 Å². The number of carboxylic acid groups (broad SMARTS) is 1. The highest BCUT2D eigenvalue weighted by Crippen LogP contribution is 2.16. The van der Waals surface area contributed by atoms with Gasteiger partial charge in [0.1, 0.15) is 12.5 Å². The van der Waals surface area contributed by atoms with E-state index in [0.717, 1.165) is 6.04 Å². The molecule has 1 aromatic heterocycles. The van der Waals surface area contributed by atoms with Crippen molar-refractivity contribution in [2.45, 2.75) is 32.4 Å². The lowest BCUT2D eigenvalue weighted by atomic mass is 10.1. The summed E-state index contributed by atoms with van der Waals surface area (Å²) >= 11 is 0. The second-order valence-corrected chi connectivity index (χ2v) is 12.5. The van der Waals surface area contributed by atoms with E-state index < -0.39 is 31.0 Å². The van der Waals surface area contributed by atoms with Gasteiger partial charge in [-0.05, 0) is 23.7 Å². The van der Waals surface area contributed by atoms with Gasteiger partial charge in [-0.15, -0.1) is 0 Å². The van der Waals surface area contributed by atoms with Crippen molar-refractivity contribution < 1.29 is 19.0 Å². The van der Waals surface area contributed by atoms with E-state index in [2.05, 4.69) is 24.7 Å². The van der Waals surface area contributed by atoms with Crippen molar-refractivity contribution in [2.24, 2.45) is 0 Å². The summed E-state index contributed by atoms with van der Waals surface area (Å²) in [6, 6.07) is 6.24. The predicted molar refractivity (Wildman–Crippen MR) is 95.0 cm³/mol. The number of hydrogen-bond donors (Lipinski definition) is 1. The molecular formula is C17H21FN2O4Si. The van der Waals surface area contributed by atoms with Gasteiger partial charge in [0.25, 0.3) is 0 Å². The molecule has 1 N–H and O–H groups in total. The van der Waals surface area contributed by atoms with Gasteiger partial charge in [0.05, 0.1) is 0 Å². The van der Waals surface area contributed by atoms with Crippen LogP contribution in [0.5, 0.6) is 0 Å². The molecule has 25 heavy (non-hydrogen) atoms. The molecule has 0 aliphatic heterocycles. The largest absolute Gasteiger partial charge is 0.476 e. The zero-order chi connectivity index (χ0) is 18.6. The molecule has 0 saturated carbocycles. The van der Waals surface area contributed by atoms with E-state index in [-0.39, 0.29) is 12.3 Å². The van der Waals surface area contributed by atoms with E-state index in [0.29, 0.717) is 12.2 Å². The van der Waals surface area contributed by atoms with Crippen LogP contribution in [0.15, 0.2) is 35.3 Å². The van der Waals surface area contributed by atoms with Crippen LogP contribution >= 0.6 is 0 Å². The molecule has 0 aliphatic carbocycles. The number of carboxylic acids is 1. The molecule has 6 nitrogen and oxygen atoms in total. The van der Waals surface area contributed by atoms with E-state index in [1.165, 1.54) is 35.1 Å². The molecule has 2 aromatic rings. The topological polar surface area (TPSA) is 81.4 Å². The Morgan fingerprint density at radius 3 is 2.48 bits per heavy atom. The highest BCUT2D eigenvalue weighted by atomic mass is 28.3. The lowest BCUT2D eigenvalue weighted by Crippen LogP contribution is -2.25. The quantitative estimate of drug-likeness (QED) is 0.603. The second-order valence-electron chi connectivity index (χ2n) is 6.92. The smallest absolute Gasteiger partial charge is 0.360 e. The van der Waals surface area contributed by atoms with Crippen molar-refractivity contribution in [3.63, 3.8) is 0 Å². The van der Waals surface area contributed by atoms with Gasteiger partial charge in [0, 0.05) is 26.4 Å². The Bertz CT molecular complexity index is 813. The van der Waals surface area contributed by atoms with Gasteiger partial charge in [0.15, 0.2) is 0 Å². The monoisotopic (exact) mass is 364 g/mol. The third kappa shape index (κ3) is 5.33. The van der Waals surface area contributed by atoms with Gasteiger partial charge in [-0.25, -0.2) is 13.9 Å². The molecule has 0 saturated heterocycles. The maximum absolute atomic E-state index is 13.1. The molecular weight excluding hydrogens is 343 g/mol. The lowest BCUT2D eigenvalue weighted by Gasteiger charge is -2.16. The summed E-state index contributed by atoms with van der Waals surface area (Å²) in [7, 11) is -1.24. The first-order chi connectivity index (χ1) is 11.7. The van der Waals surface area contributed by atoms with Crippen LogP contribution in [0.3, 0.4) is 0 Å². The van der Waals surface area contributed by atoms with Gasteiger partial charge in [0.2, 0.25) is 11.1 Å². The first-order valence-electron chi connectivity index (χ1n) is 7.86. The summed E-state index contributed by atoms with van der Waals surface area (Å²) in [6.07, 6.45) is 1.43. The minimum atomic E-state index is -1.41. The fourth-order valence-corrected chi connectivity index (χ4v) is 2.87. The number of halogens is 1. The van der Waals surface area contributed by atoms with Crippen molar-refractivity contribution >= 4 is 14.0 Å². The molecule has 0 spiro atoms. The Balaban J connectivity index is 2.30. The van der Waals surface area contributed by atoms with Crippen molar-refractivity contribution in [2.75, 3.05) is 6.61 Å². The summed E-state index contributed by atoms with van der Waals surface area (Å²) < 4.78 is 19.9. The molecule has 0 aliphatic rings. The van der Waals surface area contributed by atoms with Crippen LogP contribution in [0, 0.1) is 5.82 Å². The zero-order valence-corrected chi connectivity index (χ0v) is 15.5. The van der Waals surface area contributed by atoms with Gasteiger partial charge in [-0.2, -0.15) is 5.10 Å². The normalized spacial score (nSPS) is 11.5. The maximum Gasteiger partial charge on any atom is 0.360 e. The number of rotatable bonds is 7. The Morgan fingerprint density at radius 2 is 1.92 bits per heavy atom. The zero-order valence-electron chi connectivity index (χ0n) is 14.5. The average molecular weight is 364 g/mol. The van der Waals surface area contributed by atoms with Crippen LogP contribution in [-0.4, -0.2) is 35.5 Å². The number of carbonyl (C=O) groups is 1. The number of hydrogen-bond acceptors (Lipinski definition) is 4. The average Bonchev–Trinajstić information content (AvgIpc) is 2.52. The predicted octanol–water partition coefficient (Wildman–Crippen LogP) is 3.06. The summed E-state index contributed by atoms with van der Waals surface area (Å²) in [5, 5.41) is 13.0. The molecule has 0 amide bonds. The summed E-state index contributed by atoms with van der Waals surface area (Å²) in [4.78, 5) is 23.6. The highest BCUT2D eigenvalue weighted by Gasteiger charge is 2.17. The van der Waals surface area contributed by atoms with E-state index in [1.54, 1.807) is 0 Å². The van der Waals surface area contributed by atoms with Crippen LogP contribution < -0.4 is 5.43 Å². The van der Waals surface area contributed by atoms with Crippen molar-refractivity contribution in [1.29, 1.82) is 0 Å². The molecule has 134 valence electrons. The highest BCUT2D eigenvalue weighted by molar-refractivity contribution is 6.76. The molecule has 0 unspecified atom stereocenters. The van der Waals surface area contributed by atoms with Crippen LogP contribution in [-0.2, 0) is 11.5 Å². The van der Waals surface area contributed by atoms with Crippen LogP contribution in [0.1, 0.15) is 10.5 Å². The van der Waals surface area contributed by atoms with Gasteiger partial charge >= 0.3 is 5.97 Å². The minimum Gasteiger partial charge on any atom is -0.476 e.